The Hall–Kier alpha value is -7.44. The van der Waals surface area contributed by atoms with E-state index < -0.39 is 0 Å². The maximum absolute atomic E-state index is 12.4. The predicted molar refractivity (Wildman–Crippen MR) is 288 cm³/mol. The molecular formula is C63H62N2O4. The fourth-order valence-electron chi connectivity index (χ4n) is 10.4. The average molecular weight is 911 g/mol. The van der Waals surface area contributed by atoms with Crippen molar-refractivity contribution in [2.45, 2.75) is 102 Å². The Bertz CT molecular complexity index is 3340. The summed E-state index contributed by atoms with van der Waals surface area (Å²) in [6, 6.07) is 42.3. The normalized spacial score (nSPS) is 12.7. The Morgan fingerprint density at radius 3 is 0.986 bits per heavy atom. The highest BCUT2D eigenvalue weighted by atomic mass is 16.5. The highest BCUT2D eigenvalue weighted by molar-refractivity contribution is 6.12. The number of hydrogen-bond donors (Lipinski definition) is 2. The van der Waals surface area contributed by atoms with E-state index in [2.05, 4.69) is 153 Å². The maximum Gasteiger partial charge on any atom is 0.147 e. The largest absolute Gasteiger partial charge is 0.505 e. The molecular weight excluding hydrogens is 849 g/mol. The number of nitrogens with zero attached hydrogens (tertiary/aromatic N) is 2. The molecule has 8 aromatic carbocycles. The van der Waals surface area contributed by atoms with Gasteiger partial charge in [-0.1, -0.05) is 36.4 Å². The van der Waals surface area contributed by atoms with Gasteiger partial charge in [0, 0.05) is 50.2 Å². The van der Waals surface area contributed by atoms with Gasteiger partial charge in [-0.2, -0.15) is 0 Å². The molecule has 6 nitrogen and oxygen atoms in total. The molecule has 0 saturated heterocycles. The van der Waals surface area contributed by atoms with Gasteiger partial charge in [0.1, 0.15) is 23.0 Å². The second-order valence-corrected chi connectivity index (χ2v) is 19.9. The molecule has 0 aliphatic carbocycles. The molecule has 0 radical (unpaired) electrons. The second kappa shape index (κ2) is 17.3. The van der Waals surface area contributed by atoms with E-state index in [0.29, 0.717) is 29.0 Å². The topological polar surface area (TPSA) is 68.8 Å². The van der Waals surface area contributed by atoms with Crippen molar-refractivity contribution in [2.24, 2.45) is 0 Å². The molecule has 0 aliphatic heterocycles. The Kier molecular flexibility index (Phi) is 11.3. The van der Waals surface area contributed by atoms with E-state index >= 15 is 0 Å². The van der Waals surface area contributed by atoms with Crippen LogP contribution in [0.3, 0.4) is 0 Å². The summed E-state index contributed by atoms with van der Waals surface area (Å²) in [5.74, 6) is 1.76. The molecule has 2 aromatic heterocycles. The summed E-state index contributed by atoms with van der Waals surface area (Å²) in [6.07, 6.45) is 0.0854. The van der Waals surface area contributed by atoms with Gasteiger partial charge in [-0.3, -0.25) is 0 Å². The van der Waals surface area contributed by atoms with Crippen molar-refractivity contribution in [3.8, 4) is 56.6 Å². The molecule has 0 spiro atoms. The molecule has 6 heteroatoms. The minimum atomic E-state index is -0.247. The van der Waals surface area contributed by atoms with Crippen molar-refractivity contribution in [1.29, 1.82) is 0 Å². The van der Waals surface area contributed by atoms with Gasteiger partial charge in [-0.25, -0.2) is 0 Å². The zero-order chi connectivity index (χ0) is 48.7. The molecule has 2 N–H and O–H groups in total. The van der Waals surface area contributed by atoms with Crippen molar-refractivity contribution in [3.63, 3.8) is 0 Å². The highest BCUT2D eigenvalue weighted by Crippen LogP contribution is 2.46. The van der Waals surface area contributed by atoms with Crippen LogP contribution in [0.4, 0.5) is 0 Å². The number of para-hydroxylation sites is 2. The summed E-state index contributed by atoms with van der Waals surface area (Å²) in [5.41, 5.74) is 20.6. The highest BCUT2D eigenvalue weighted by Gasteiger charge is 2.25. The molecule has 0 amide bonds. The first-order chi connectivity index (χ1) is 33.0. The molecule has 0 fully saturated rings. The van der Waals surface area contributed by atoms with E-state index in [0.717, 1.165) is 55.7 Å². The zero-order valence-electron chi connectivity index (χ0n) is 42.0. The van der Waals surface area contributed by atoms with Gasteiger partial charge < -0.3 is 28.8 Å². The summed E-state index contributed by atoms with van der Waals surface area (Å²) in [7, 11) is 0. The van der Waals surface area contributed by atoms with Gasteiger partial charge in [-0.05, 0) is 224 Å². The number of aryl methyl sites for hydroxylation is 10. The summed E-state index contributed by atoms with van der Waals surface area (Å²) < 4.78 is 18.1. The molecule has 2 heterocycles. The van der Waals surface area contributed by atoms with Gasteiger partial charge in [0.05, 0.1) is 45.6 Å². The quantitative estimate of drug-likeness (QED) is 0.143. The molecule has 10 rings (SSSR count). The minimum Gasteiger partial charge on any atom is -0.505 e. The Labute approximate surface area is 406 Å². The van der Waals surface area contributed by atoms with E-state index in [9.17, 15) is 10.2 Å². The third-order valence-corrected chi connectivity index (χ3v) is 14.6. The van der Waals surface area contributed by atoms with Crippen LogP contribution in [0.1, 0.15) is 75.9 Å². The minimum absolute atomic E-state index is 0.198. The van der Waals surface area contributed by atoms with E-state index in [4.69, 9.17) is 9.47 Å². The predicted octanol–water partition coefficient (Wildman–Crippen LogP) is 16.3. The number of aromatic nitrogens is 2. The number of hydrogen-bond acceptors (Lipinski definition) is 4. The van der Waals surface area contributed by atoms with Crippen molar-refractivity contribution in [2.75, 3.05) is 0 Å². The summed E-state index contributed by atoms with van der Waals surface area (Å²) >= 11 is 0. The number of phenols is 2. The van der Waals surface area contributed by atoms with E-state index in [1.54, 1.807) is 0 Å². The fourth-order valence-corrected chi connectivity index (χ4v) is 10.4. The smallest absolute Gasteiger partial charge is 0.147 e. The monoisotopic (exact) mass is 910 g/mol. The molecule has 0 aliphatic rings. The number of benzene rings is 8. The van der Waals surface area contributed by atoms with Crippen LogP contribution in [0.5, 0.6) is 23.0 Å². The van der Waals surface area contributed by atoms with E-state index in [1.807, 2.05) is 60.7 Å². The van der Waals surface area contributed by atoms with Crippen LogP contribution < -0.4 is 9.47 Å². The van der Waals surface area contributed by atoms with Crippen LogP contribution in [0, 0.1) is 69.2 Å². The molecule has 0 bridgehead atoms. The Morgan fingerprint density at radius 2 is 0.667 bits per heavy atom. The van der Waals surface area contributed by atoms with Gasteiger partial charge >= 0.3 is 0 Å². The number of phenolic OH excluding ortho intramolecular Hbond substituents is 2. The van der Waals surface area contributed by atoms with Crippen LogP contribution in [-0.2, 0) is 0 Å². The summed E-state index contributed by atoms with van der Waals surface area (Å²) in [6.45, 7) is 25.5. The number of rotatable bonds is 10. The van der Waals surface area contributed by atoms with Gasteiger partial charge in [0.15, 0.2) is 0 Å². The third kappa shape index (κ3) is 7.86. The first kappa shape index (κ1) is 45.3. The molecule has 348 valence electrons. The molecule has 2 atom stereocenters. The number of ether oxygens (including phenoxy) is 2. The standard InChI is InChI=1S/C63H62N2O4/c1-34-21-52(62(66)58(23-34)64-54-29-40(7)36(3)25-48(54)49-26-37(4)41(8)30-55(49)64)46-17-13-15-19-60(46)68-44(11)33-45(12)69-61-20-16-14-18-47(61)53-22-35(2)24-59(63(53)67)65-56-31-42(9)38(5)27-50(56)51-28-39(6)43(10)32-57(51)65/h13-32,44-45,66-67H,33H2,1-12H3. The lowest BCUT2D eigenvalue weighted by atomic mass is 9.99. The van der Waals surface area contributed by atoms with E-state index in [-0.39, 0.29) is 23.7 Å². The lowest BCUT2D eigenvalue weighted by Gasteiger charge is -2.24. The van der Waals surface area contributed by atoms with Crippen LogP contribution >= 0.6 is 0 Å². The van der Waals surface area contributed by atoms with Gasteiger partial charge in [-0.15, -0.1) is 0 Å². The van der Waals surface area contributed by atoms with E-state index in [1.165, 1.54) is 66.1 Å². The van der Waals surface area contributed by atoms with Crippen LogP contribution in [-0.4, -0.2) is 31.6 Å². The van der Waals surface area contributed by atoms with Crippen molar-refractivity contribution >= 4 is 43.6 Å². The van der Waals surface area contributed by atoms with Crippen molar-refractivity contribution in [1.82, 2.24) is 9.13 Å². The molecule has 0 saturated carbocycles. The lowest BCUT2D eigenvalue weighted by Crippen LogP contribution is -2.23. The summed E-state index contributed by atoms with van der Waals surface area (Å²) in [5, 5.41) is 29.5. The van der Waals surface area contributed by atoms with Crippen molar-refractivity contribution < 1.29 is 19.7 Å². The summed E-state index contributed by atoms with van der Waals surface area (Å²) in [4.78, 5) is 0. The second-order valence-electron chi connectivity index (χ2n) is 19.9. The first-order valence-electron chi connectivity index (χ1n) is 24.2. The SMILES string of the molecule is Cc1cc(-c2ccccc2OC(C)CC(C)Oc2ccccc2-c2cc(C)cc(-n3c4cc(C)c(C)cc4c4cc(C)c(C)cc43)c2O)c(O)c(-n2c3cc(C)c(C)cc3c3cc(C)c(C)cc32)c1. The average Bonchev–Trinajstić information content (AvgIpc) is 3.75. The lowest BCUT2D eigenvalue weighted by molar-refractivity contribution is 0.131. The first-order valence-corrected chi connectivity index (χ1v) is 24.2. The Balaban J connectivity index is 0.958. The molecule has 2 unspecified atom stereocenters. The number of aromatic hydroxyl groups is 2. The Morgan fingerprint density at radius 1 is 0.377 bits per heavy atom. The zero-order valence-corrected chi connectivity index (χ0v) is 42.0. The molecule has 10 aromatic rings. The van der Waals surface area contributed by atoms with Crippen LogP contribution in [0.25, 0.3) is 77.2 Å². The van der Waals surface area contributed by atoms with Gasteiger partial charge in [0.25, 0.3) is 0 Å². The van der Waals surface area contributed by atoms with Crippen LogP contribution in [0.15, 0.2) is 121 Å². The fraction of sp³-hybridized carbons (Fsp3) is 0.238. The molecule has 69 heavy (non-hydrogen) atoms. The number of fused-ring (bicyclic) bond motifs is 6. The maximum atomic E-state index is 12.4. The third-order valence-electron chi connectivity index (χ3n) is 14.6. The van der Waals surface area contributed by atoms with Crippen LogP contribution in [0.2, 0.25) is 0 Å². The van der Waals surface area contributed by atoms with Crippen molar-refractivity contribution in [3.05, 3.63) is 177 Å². The van der Waals surface area contributed by atoms with Gasteiger partial charge in [0.2, 0.25) is 0 Å².